The van der Waals surface area contributed by atoms with Crippen LogP contribution in [0.3, 0.4) is 0 Å². The molecule has 1 saturated carbocycles. The second kappa shape index (κ2) is 6.04. The molecule has 1 atom stereocenters. The second-order valence-corrected chi connectivity index (χ2v) is 7.93. The summed E-state index contributed by atoms with van der Waals surface area (Å²) in [5.74, 6) is 1.94. The van der Waals surface area contributed by atoms with Crippen molar-refractivity contribution < 1.29 is 9.63 Å². The summed E-state index contributed by atoms with van der Waals surface area (Å²) in [7, 11) is 0. The maximum absolute atomic E-state index is 10.8. The van der Waals surface area contributed by atoms with E-state index < -0.39 is 11.2 Å². The minimum atomic E-state index is -1.10. The fourth-order valence-corrected chi connectivity index (χ4v) is 4.64. The van der Waals surface area contributed by atoms with Crippen LogP contribution in [0, 0.1) is 11.5 Å². The predicted molar refractivity (Wildman–Crippen MR) is 105 cm³/mol. The van der Waals surface area contributed by atoms with E-state index in [4.69, 9.17) is 16.1 Å². The Hall–Kier alpha value is -3.42. The summed E-state index contributed by atoms with van der Waals surface area (Å²) in [4.78, 5) is 7.60. The van der Waals surface area contributed by atoms with Gasteiger partial charge in [-0.15, -0.1) is 10.2 Å². The lowest BCUT2D eigenvalue weighted by molar-refractivity contribution is 0.0112. The number of fused-ring (bicyclic) bond motifs is 6. The predicted octanol–water partition coefficient (Wildman–Crippen LogP) is 2.65. The first-order valence-electron chi connectivity index (χ1n) is 9.56. The van der Waals surface area contributed by atoms with Gasteiger partial charge in [-0.05, 0) is 37.8 Å². The molecule has 0 bridgehead atoms. The highest BCUT2D eigenvalue weighted by atomic mass is 35.5. The third-order valence-corrected chi connectivity index (χ3v) is 6.22. The van der Waals surface area contributed by atoms with Gasteiger partial charge < -0.3 is 9.63 Å². The molecule has 0 amide bonds. The number of aromatic nitrogens is 5. The summed E-state index contributed by atoms with van der Waals surface area (Å²) in [5, 5.41) is 33.0. The molecule has 0 spiro atoms. The van der Waals surface area contributed by atoms with Crippen molar-refractivity contribution in [3.05, 3.63) is 36.4 Å². The van der Waals surface area contributed by atoms with Crippen molar-refractivity contribution in [3.8, 4) is 29.2 Å². The van der Waals surface area contributed by atoms with E-state index in [0.29, 0.717) is 30.3 Å². The van der Waals surface area contributed by atoms with Gasteiger partial charge >= 0.3 is 0 Å². The van der Waals surface area contributed by atoms with Crippen LogP contribution in [-0.4, -0.2) is 40.5 Å². The summed E-state index contributed by atoms with van der Waals surface area (Å²) in [6, 6.07) is 7.63. The Bertz CT molecular complexity index is 1240. The van der Waals surface area contributed by atoms with Crippen LogP contribution in [0.1, 0.15) is 31.6 Å². The first kappa shape index (κ1) is 17.4. The number of nitrogens with zero attached hydrogens (tertiary/aromatic N) is 8. The van der Waals surface area contributed by atoms with Crippen molar-refractivity contribution in [1.29, 1.82) is 5.26 Å². The fourth-order valence-electron chi connectivity index (χ4n) is 4.33. The molecule has 1 unspecified atom stereocenters. The number of rotatable bonds is 2. The Balaban J connectivity index is 1.53. The average molecular weight is 423 g/mol. The van der Waals surface area contributed by atoms with Crippen LogP contribution in [0.15, 0.2) is 35.0 Å². The number of hydrogen-bond donors (Lipinski definition) is 1. The third-order valence-electron chi connectivity index (χ3n) is 5.81. The van der Waals surface area contributed by atoms with Gasteiger partial charge in [-0.3, -0.25) is 9.47 Å². The lowest BCUT2D eigenvalue weighted by Gasteiger charge is -2.32. The number of aliphatic hydroxyl groups is 1. The van der Waals surface area contributed by atoms with Gasteiger partial charge in [0.25, 0.3) is 5.89 Å². The van der Waals surface area contributed by atoms with Crippen molar-refractivity contribution >= 4 is 23.1 Å². The lowest BCUT2D eigenvalue weighted by Crippen LogP contribution is -2.36. The monoisotopic (exact) mass is 422 g/mol. The van der Waals surface area contributed by atoms with Crippen LogP contribution in [0.25, 0.3) is 28.9 Å². The number of alkyl halides is 1. The highest BCUT2D eigenvalue weighted by molar-refractivity contribution is 6.23. The van der Waals surface area contributed by atoms with E-state index in [0.717, 1.165) is 24.1 Å². The van der Waals surface area contributed by atoms with E-state index in [2.05, 4.69) is 26.5 Å². The first-order chi connectivity index (χ1) is 14.6. The van der Waals surface area contributed by atoms with E-state index in [9.17, 15) is 10.4 Å². The molecular formula is C19H15ClN8O2. The topological polar surface area (TPSA) is 120 Å². The molecular weight excluding hydrogens is 408 g/mol. The van der Waals surface area contributed by atoms with Crippen molar-refractivity contribution in [1.82, 2.24) is 29.8 Å². The summed E-state index contributed by atoms with van der Waals surface area (Å²) < 4.78 is 7.15. The molecule has 3 aromatic rings. The van der Waals surface area contributed by atoms with Crippen molar-refractivity contribution in [2.45, 2.75) is 36.9 Å². The maximum Gasteiger partial charge on any atom is 0.259 e. The maximum atomic E-state index is 10.8. The van der Waals surface area contributed by atoms with Crippen LogP contribution < -0.4 is 4.90 Å². The van der Waals surface area contributed by atoms with E-state index in [1.165, 1.54) is 4.90 Å². The summed E-state index contributed by atoms with van der Waals surface area (Å²) in [6.07, 6.45) is 6.71. The van der Waals surface area contributed by atoms with Gasteiger partial charge in [0, 0.05) is 5.56 Å². The molecule has 4 heterocycles. The zero-order valence-corrected chi connectivity index (χ0v) is 16.4. The number of para-hydroxylation sites is 1. The SMILES string of the molecule is N#CN1C=C2N(c3ccccc3-c3nnc(-c4noc(C5(O)CCCC5)n4)n32)C1Cl. The van der Waals surface area contributed by atoms with Crippen molar-refractivity contribution in [2.24, 2.45) is 0 Å². The molecule has 11 heteroatoms. The van der Waals surface area contributed by atoms with Crippen molar-refractivity contribution in [3.63, 3.8) is 0 Å². The Kier molecular flexibility index (Phi) is 3.51. The molecule has 2 aliphatic heterocycles. The van der Waals surface area contributed by atoms with E-state index in [-0.39, 0.29) is 11.7 Å². The lowest BCUT2D eigenvalue weighted by atomic mass is 10.0. The third kappa shape index (κ3) is 2.21. The molecule has 10 nitrogen and oxygen atoms in total. The smallest absolute Gasteiger partial charge is 0.259 e. The van der Waals surface area contributed by atoms with Gasteiger partial charge in [-0.2, -0.15) is 10.2 Å². The zero-order valence-electron chi connectivity index (χ0n) is 15.6. The van der Waals surface area contributed by atoms with Crippen LogP contribution >= 0.6 is 11.6 Å². The average Bonchev–Trinajstić information content (AvgIpc) is 3.53. The Morgan fingerprint density at radius 1 is 1.20 bits per heavy atom. The molecule has 3 aliphatic rings. The standard InChI is InChI=1S/C19H15ClN8O2/c20-18-26(10-21)9-13-27(18)12-6-2-1-5-11(12)15-23-24-16(28(13)15)14-22-17(30-25-14)19(29)7-3-4-8-19/h1-2,5-6,9,18,29H,3-4,7-8H2. The zero-order chi connectivity index (χ0) is 20.5. The highest BCUT2D eigenvalue weighted by Gasteiger charge is 2.42. The molecule has 1 aliphatic carbocycles. The molecule has 1 aromatic carbocycles. The Labute approximate surface area is 175 Å². The van der Waals surface area contributed by atoms with Gasteiger partial charge in [-0.25, -0.2) is 4.90 Å². The van der Waals surface area contributed by atoms with E-state index >= 15 is 0 Å². The van der Waals surface area contributed by atoms with Crippen molar-refractivity contribution in [2.75, 3.05) is 4.90 Å². The van der Waals surface area contributed by atoms with E-state index in [1.54, 1.807) is 10.8 Å². The van der Waals surface area contributed by atoms with Gasteiger partial charge in [-0.1, -0.05) is 28.9 Å². The Morgan fingerprint density at radius 2 is 1.97 bits per heavy atom. The summed E-state index contributed by atoms with van der Waals surface area (Å²) in [6.45, 7) is 0. The van der Waals surface area contributed by atoms with Gasteiger partial charge in [0.2, 0.25) is 11.6 Å². The summed E-state index contributed by atoms with van der Waals surface area (Å²) >= 11 is 6.56. The number of nitriles is 1. The van der Waals surface area contributed by atoms with Gasteiger partial charge in [0.15, 0.2) is 17.6 Å². The quantitative estimate of drug-likeness (QED) is 0.377. The number of hydrogen-bond acceptors (Lipinski definition) is 9. The minimum absolute atomic E-state index is 0.190. The van der Waals surface area contributed by atoms with Gasteiger partial charge in [0.1, 0.15) is 11.4 Å². The largest absolute Gasteiger partial charge is 0.380 e. The molecule has 1 N–H and O–H groups in total. The molecule has 0 saturated heterocycles. The minimum Gasteiger partial charge on any atom is -0.380 e. The molecule has 2 aromatic heterocycles. The van der Waals surface area contributed by atoms with Gasteiger partial charge in [0.05, 0.1) is 11.9 Å². The molecule has 6 rings (SSSR count). The van der Waals surface area contributed by atoms with Crippen LogP contribution in [0.5, 0.6) is 0 Å². The molecule has 1 fully saturated rings. The summed E-state index contributed by atoms with van der Waals surface area (Å²) in [5.41, 5.74) is -0.186. The molecule has 0 radical (unpaired) electrons. The van der Waals surface area contributed by atoms with Crippen LogP contribution in [0.2, 0.25) is 0 Å². The molecule has 30 heavy (non-hydrogen) atoms. The number of benzene rings is 1. The first-order valence-corrected chi connectivity index (χ1v) is 10.00. The van der Waals surface area contributed by atoms with E-state index in [1.807, 2.05) is 29.2 Å². The molecule has 150 valence electrons. The van der Waals surface area contributed by atoms with Crippen LogP contribution in [0.4, 0.5) is 5.69 Å². The number of halogens is 1. The second-order valence-electron chi connectivity index (χ2n) is 7.54. The van der Waals surface area contributed by atoms with Crippen LogP contribution in [-0.2, 0) is 5.60 Å². The Morgan fingerprint density at radius 3 is 2.77 bits per heavy atom. The fraction of sp³-hybridized carbons (Fsp3) is 0.316. The number of anilines is 1. The normalized spacial score (nSPS) is 21.1. The highest BCUT2D eigenvalue weighted by Crippen LogP contribution is 2.46.